The van der Waals surface area contributed by atoms with E-state index in [4.69, 9.17) is 4.74 Å². The van der Waals surface area contributed by atoms with Crippen LogP contribution in [0.3, 0.4) is 0 Å². The molecule has 28 heavy (non-hydrogen) atoms. The third-order valence-electron chi connectivity index (χ3n) is 5.62. The minimum atomic E-state index is -1.81. The predicted octanol–water partition coefficient (Wildman–Crippen LogP) is 3.29. The Hall–Kier alpha value is -2.24. The Labute approximate surface area is 165 Å². The van der Waals surface area contributed by atoms with Crippen molar-refractivity contribution in [1.82, 2.24) is 10.2 Å². The molecule has 0 spiro atoms. The Morgan fingerprint density at radius 3 is 2.61 bits per heavy atom. The van der Waals surface area contributed by atoms with Gasteiger partial charge in [-0.05, 0) is 24.0 Å². The van der Waals surface area contributed by atoms with Crippen molar-refractivity contribution in [2.75, 3.05) is 26.2 Å². The fraction of sp³-hybridized carbons (Fsp3) is 0.435. The van der Waals surface area contributed by atoms with Gasteiger partial charge in [0.05, 0.1) is 19.7 Å². The van der Waals surface area contributed by atoms with Crippen molar-refractivity contribution < 1.29 is 13.9 Å². The zero-order chi connectivity index (χ0) is 19.4. The van der Waals surface area contributed by atoms with Gasteiger partial charge in [-0.3, -0.25) is 4.79 Å². The number of ether oxygens (including phenoxy) is 1. The highest BCUT2D eigenvalue weighted by Crippen LogP contribution is 2.40. The minimum Gasteiger partial charge on any atom is -0.342 e. The molecule has 1 aliphatic heterocycles. The number of carbonyl (C=O) groups excluding carboxylic acids is 1. The number of hydrogen-bond donors (Lipinski definition) is 1. The van der Waals surface area contributed by atoms with Crippen LogP contribution in [0, 0.1) is 0 Å². The lowest BCUT2D eigenvalue weighted by Gasteiger charge is -2.37. The van der Waals surface area contributed by atoms with Crippen LogP contribution < -0.4 is 5.32 Å². The van der Waals surface area contributed by atoms with Crippen LogP contribution in [0.1, 0.15) is 29.9 Å². The molecule has 1 saturated carbocycles. The molecule has 1 amide bonds. The van der Waals surface area contributed by atoms with Crippen LogP contribution in [0.2, 0.25) is 0 Å². The van der Waals surface area contributed by atoms with Gasteiger partial charge in [0.25, 0.3) is 0 Å². The monoisotopic (exact) mass is 382 g/mol. The molecule has 0 bridgehead atoms. The Morgan fingerprint density at radius 2 is 1.86 bits per heavy atom. The maximum atomic E-state index is 15.2. The highest BCUT2D eigenvalue weighted by atomic mass is 19.2. The summed E-state index contributed by atoms with van der Waals surface area (Å²) in [6.45, 7) is 0.803. The van der Waals surface area contributed by atoms with E-state index in [0.29, 0.717) is 25.3 Å². The molecule has 1 heterocycles. The smallest absolute Gasteiger partial charge is 0.239 e. The average molecular weight is 382 g/mol. The van der Waals surface area contributed by atoms with Crippen LogP contribution in [0.5, 0.6) is 0 Å². The fourth-order valence-electron chi connectivity index (χ4n) is 3.90. The van der Waals surface area contributed by atoms with Gasteiger partial charge in [0.1, 0.15) is 0 Å². The van der Waals surface area contributed by atoms with Crippen LogP contribution in [0.4, 0.5) is 4.39 Å². The molecular formula is C23H27FN2O2. The van der Waals surface area contributed by atoms with E-state index in [1.807, 2.05) is 48.5 Å². The van der Waals surface area contributed by atoms with Gasteiger partial charge in [0.2, 0.25) is 11.8 Å². The lowest BCUT2D eigenvalue weighted by molar-refractivity contribution is -0.192. The molecule has 148 valence electrons. The molecule has 0 radical (unpaired) electrons. The summed E-state index contributed by atoms with van der Waals surface area (Å²) < 4.78 is 20.6. The van der Waals surface area contributed by atoms with Gasteiger partial charge in [-0.2, -0.15) is 0 Å². The number of morpholine rings is 1. The van der Waals surface area contributed by atoms with E-state index in [9.17, 15) is 4.79 Å². The van der Waals surface area contributed by atoms with Gasteiger partial charge >= 0.3 is 0 Å². The third kappa shape index (κ3) is 4.78. The van der Waals surface area contributed by atoms with Gasteiger partial charge in [-0.1, -0.05) is 60.7 Å². The van der Waals surface area contributed by atoms with E-state index in [1.54, 1.807) is 4.90 Å². The van der Waals surface area contributed by atoms with Crippen molar-refractivity contribution in [2.24, 2.45) is 0 Å². The van der Waals surface area contributed by atoms with E-state index < -0.39 is 5.85 Å². The molecule has 0 aromatic heterocycles. The number of aryl methyl sites for hydroxylation is 1. The Bertz CT molecular complexity index is 786. The summed E-state index contributed by atoms with van der Waals surface area (Å²) in [4.78, 5) is 14.1. The normalized spacial score (nSPS) is 26.8. The number of benzene rings is 2. The molecule has 4 rings (SSSR count). The standard InChI is InChI=1S/C23H27FN2O2/c24-23(16-25-21-15-20(21)19-9-5-2-6-10-19)17-26(13-14-28-23)22(27)12-11-18-7-3-1-4-8-18/h1-10,20-21,25H,11-17H2. The zero-order valence-electron chi connectivity index (χ0n) is 16.0. The van der Waals surface area contributed by atoms with Crippen molar-refractivity contribution in [2.45, 2.75) is 37.1 Å². The van der Waals surface area contributed by atoms with Gasteiger partial charge in [-0.25, -0.2) is 4.39 Å². The number of rotatable bonds is 7. The first kappa shape index (κ1) is 19.1. The van der Waals surface area contributed by atoms with Crippen LogP contribution in [-0.2, 0) is 16.0 Å². The number of carbonyl (C=O) groups is 1. The van der Waals surface area contributed by atoms with Crippen LogP contribution >= 0.6 is 0 Å². The van der Waals surface area contributed by atoms with Crippen molar-refractivity contribution >= 4 is 5.91 Å². The molecule has 5 heteroatoms. The number of nitrogens with zero attached hydrogens (tertiary/aromatic N) is 1. The summed E-state index contributed by atoms with van der Waals surface area (Å²) in [7, 11) is 0. The number of alkyl halides is 1. The lowest BCUT2D eigenvalue weighted by atomic mass is 10.1. The average Bonchev–Trinajstić information content (AvgIpc) is 3.52. The zero-order valence-corrected chi connectivity index (χ0v) is 16.0. The molecule has 1 N–H and O–H groups in total. The maximum absolute atomic E-state index is 15.2. The summed E-state index contributed by atoms with van der Waals surface area (Å²) in [6, 6.07) is 20.5. The summed E-state index contributed by atoms with van der Waals surface area (Å²) in [6.07, 6.45) is 2.08. The molecule has 1 saturated heterocycles. The van der Waals surface area contributed by atoms with Crippen molar-refractivity contribution in [3.63, 3.8) is 0 Å². The van der Waals surface area contributed by atoms with Gasteiger partial charge < -0.3 is 15.0 Å². The molecule has 1 aliphatic carbocycles. The molecule has 2 aromatic rings. The molecule has 2 fully saturated rings. The first-order valence-electron chi connectivity index (χ1n) is 10.1. The highest BCUT2D eigenvalue weighted by Gasteiger charge is 2.43. The van der Waals surface area contributed by atoms with E-state index >= 15 is 4.39 Å². The van der Waals surface area contributed by atoms with Gasteiger partial charge in [-0.15, -0.1) is 0 Å². The van der Waals surface area contributed by atoms with Gasteiger partial charge in [0.15, 0.2) is 0 Å². The predicted molar refractivity (Wildman–Crippen MR) is 107 cm³/mol. The summed E-state index contributed by atoms with van der Waals surface area (Å²) in [5, 5.41) is 3.29. The van der Waals surface area contributed by atoms with E-state index in [-0.39, 0.29) is 31.6 Å². The summed E-state index contributed by atoms with van der Waals surface area (Å²) >= 11 is 0. The first-order chi connectivity index (χ1) is 13.6. The second-order valence-corrected chi connectivity index (χ2v) is 7.77. The Morgan fingerprint density at radius 1 is 1.14 bits per heavy atom. The Kier molecular flexibility index (Phi) is 5.74. The van der Waals surface area contributed by atoms with Crippen molar-refractivity contribution in [3.8, 4) is 0 Å². The highest BCUT2D eigenvalue weighted by molar-refractivity contribution is 5.76. The molecule has 3 unspecified atom stereocenters. The maximum Gasteiger partial charge on any atom is 0.239 e. The minimum absolute atomic E-state index is 0.00362. The van der Waals surface area contributed by atoms with Crippen LogP contribution in [-0.4, -0.2) is 48.9 Å². The molecule has 2 aromatic carbocycles. The van der Waals surface area contributed by atoms with Crippen molar-refractivity contribution in [3.05, 3.63) is 71.8 Å². The number of amides is 1. The van der Waals surface area contributed by atoms with E-state index in [0.717, 1.165) is 12.0 Å². The first-order valence-corrected chi connectivity index (χ1v) is 10.1. The lowest BCUT2D eigenvalue weighted by Crippen LogP contribution is -2.55. The molecule has 4 nitrogen and oxygen atoms in total. The summed E-state index contributed by atoms with van der Waals surface area (Å²) in [5.41, 5.74) is 2.41. The fourth-order valence-corrected chi connectivity index (χ4v) is 3.90. The quantitative estimate of drug-likeness (QED) is 0.799. The van der Waals surface area contributed by atoms with Crippen LogP contribution in [0.15, 0.2) is 60.7 Å². The van der Waals surface area contributed by atoms with Crippen molar-refractivity contribution in [1.29, 1.82) is 0 Å². The largest absolute Gasteiger partial charge is 0.342 e. The third-order valence-corrected chi connectivity index (χ3v) is 5.62. The number of halogens is 1. The van der Waals surface area contributed by atoms with E-state index in [2.05, 4.69) is 17.4 Å². The SMILES string of the molecule is O=C(CCc1ccccc1)N1CCOC(F)(CNC2CC2c2ccccc2)C1. The second-order valence-electron chi connectivity index (χ2n) is 7.77. The van der Waals surface area contributed by atoms with Crippen LogP contribution in [0.25, 0.3) is 0 Å². The molecular weight excluding hydrogens is 355 g/mol. The second kappa shape index (κ2) is 8.41. The molecule has 3 atom stereocenters. The summed E-state index contributed by atoms with van der Waals surface area (Å²) in [5.74, 6) is -1.38. The van der Waals surface area contributed by atoms with Gasteiger partial charge in [0, 0.05) is 24.9 Å². The molecule has 2 aliphatic rings. The Balaban J connectivity index is 1.25. The number of nitrogens with one attached hydrogen (secondary N) is 1. The topological polar surface area (TPSA) is 41.6 Å². The van der Waals surface area contributed by atoms with E-state index in [1.165, 1.54) is 5.56 Å². The number of hydrogen-bond acceptors (Lipinski definition) is 3.